The lowest BCUT2D eigenvalue weighted by molar-refractivity contribution is -0.136. The van der Waals surface area contributed by atoms with Gasteiger partial charge in [0, 0.05) is 31.7 Å². The number of nitrogens with zero attached hydrogens (tertiary/aromatic N) is 2. The number of likely N-dealkylation sites (tertiary alicyclic amines) is 1. The molecule has 5 amide bonds. The molecule has 2 fully saturated rings. The van der Waals surface area contributed by atoms with E-state index in [1.807, 2.05) is 27.7 Å². The van der Waals surface area contributed by atoms with Crippen LogP contribution in [0.3, 0.4) is 0 Å². The number of carbonyl (C=O) groups is 5. The van der Waals surface area contributed by atoms with Crippen LogP contribution in [0.25, 0.3) is 0 Å². The SMILES string of the molecule is C[C@H](CCNc1cccc2c1C(=O)N(C1CCC(=O)NC1=O)C2=O)OC1CCN(C(=O)OC(C)(C)C)CC1. The summed E-state index contributed by atoms with van der Waals surface area (Å²) in [5.74, 6) is -2.11. The predicted octanol–water partition coefficient (Wildman–Crippen LogP) is 2.69. The van der Waals surface area contributed by atoms with Crippen LogP contribution in [0.4, 0.5) is 10.5 Å². The predicted molar refractivity (Wildman–Crippen MR) is 138 cm³/mol. The minimum Gasteiger partial charge on any atom is -0.444 e. The smallest absolute Gasteiger partial charge is 0.410 e. The Labute approximate surface area is 222 Å². The van der Waals surface area contributed by atoms with E-state index in [2.05, 4.69) is 10.6 Å². The monoisotopic (exact) mass is 528 g/mol. The van der Waals surface area contributed by atoms with Gasteiger partial charge in [-0.15, -0.1) is 0 Å². The Kier molecular flexibility index (Phi) is 8.05. The fourth-order valence-electron chi connectivity index (χ4n) is 4.97. The van der Waals surface area contributed by atoms with Crippen LogP contribution in [0.15, 0.2) is 18.2 Å². The number of piperidine rings is 2. The summed E-state index contributed by atoms with van der Waals surface area (Å²) in [5.41, 5.74) is 0.482. The first-order chi connectivity index (χ1) is 17.9. The molecule has 1 aromatic carbocycles. The topological polar surface area (TPSA) is 134 Å². The third-order valence-corrected chi connectivity index (χ3v) is 6.85. The number of imide groups is 2. The molecule has 0 bridgehead atoms. The van der Waals surface area contributed by atoms with Gasteiger partial charge in [0.2, 0.25) is 11.8 Å². The first kappa shape index (κ1) is 27.6. The largest absolute Gasteiger partial charge is 0.444 e. The number of hydrogen-bond donors (Lipinski definition) is 2. The van der Waals surface area contributed by atoms with Crippen LogP contribution < -0.4 is 10.6 Å². The summed E-state index contributed by atoms with van der Waals surface area (Å²) in [4.78, 5) is 64.9. The molecule has 0 radical (unpaired) electrons. The van der Waals surface area contributed by atoms with Gasteiger partial charge in [-0.3, -0.25) is 29.4 Å². The van der Waals surface area contributed by atoms with Crippen molar-refractivity contribution in [2.45, 2.75) is 83.6 Å². The molecule has 206 valence electrons. The number of benzene rings is 1. The summed E-state index contributed by atoms with van der Waals surface area (Å²) in [5, 5.41) is 5.45. The third kappa shape index (κ3) is 6.15. The van der Waals surface area contributed by atoms with Crippen molar-refractivity contribution in [3.63, 3.8) is 0 Å². The van der Waals surface area contributed by atoms with Crippen molar-refractivity contribution < 1.29 is 33.4 Å². The quantitative estimate of drug-likeness (QED) is 0.516. The average Bonchev–Trinajstić information content (AvgIpc) is 3.09. The number of carbonyl (C=O) groups excluding carboxylic acids is 5. The second kappa shape index (κ2) is 11.1. The highest BCUT2D eigenvalue weighted by Crippen LogP contribution is 2.32. The van der Waals surface area contributed by atoms with Gasteiger partial charge in [0.25, 0.3) is 11.8 Å². The zero-order chi connectivity index (χ0) is 27.6. The van der Waals surface area contributed by atoms with Gasteiger partial charge >= 0.3 is 6.09 Å². The molecule has 3 aliphatic heterocycles. The van der Waals surface area contributed by atoms with Gasteiger partial charge in [-0.25, -0.2) is 4.79 Å². The van der Waals surface area contributed by atoms with Gasteiger partial charge in [0.15, 0.2) is 0 Å². The van der Waals surface area contributed by atoms with Gasteiger partial charge in [-0.1, -0.05) is 6.07 Å². The number of anilines is 1. The van der Waals surface area contributed by atoms with Gasteiger partial charge in [-0.2, -0.15) is 0 Å². The summed E-state index contributed by atoms with van der Waals surface area (Å²) in [7, 11) is 0. The summed E-state index contributed by atoms with van der Waals surface area (Å²) >= 11 is 0. The van der Waals surface area contributed by atoms with Gasteiger partial charge in [0.1, 0.15) is 11.6 Å². The molecule has 11 heteroatoms. The fraction of sp³-hybridized carbons (Fsp3) is 0.593. The third-order valence-electron chi connectivity index (χ3n) is 6.85. The zero-order valence-corrected chi connectivity index (χ0v) is 22.4. The van der Waals surface area contributed by atoms with Gasteiger partial charge in [0.05, 0.1) is 23.3 Å². The second-order valence-electron chi connectivity index (χ2n) is 11.0. The maximum absolute atomic E-state index is 13.2. The second-order valence-corrected chi connectivity index (χ2v) is 11.0. The Hall–Kier alpha value is -3.47. The van der Waals surface area contributed by atoms with E-state index in [1.54, 1.807) is 23.1 Å². The minimum absolute atomic E-state index is 0.0472. The number of amides is 5. The molecule has 1 unspecified atom stereocenters. The Bertz CT molecular complexity index is 1120. The summed E-state index contributed by atoms with van der Waals surface area (Å²) in [6.45, 7) is 9.21. The lowest BCUT2D eigenvalue weighted by Crippen LogP contribution is -2.54. The molecule has 11 nitrogen and oxygen atoms in total. The highest BCUT2D eigenvalue weighted by molar-refractivity contribution is 6.25. The van der Waals surface area contributed by atoms with E-state index in [1.165, 1.54) is 0 Å². The molecule has 1 aromatic rings. The van der Waals surface area contributed by atoms with Crippen molar-refractivity contribution in [2.75, 3.05) is 25.0 Å². The number of rotatable bonds is 7. The molecule has 0 aliphatic carbocycles. The Morgan fingerprint density at radius 1 is 1.11 bits per heavy atom. The molecule has 2 atom stereocenters. The molecule has 3 aliphatic rings. The first-order valence-corrected chi connectivity index (χ1v) is 13.2. The molecular weight excluding hydrogens is 492 g/mol. The molecular formula is C27H36N4O7. The standard InChI is InChI=1S/C27H36N4O7/c1-16(37-17-11-14-30(15-12-17)26(36)38-27(2,3)4)10-13-28-19-7-5-6-18-22(19)25(35)31(24(18)34)20-8-9-21(32)29-23(20)33/h5-7,16-17,20,28H,8-15H2,1-4H3,(H,29,32,33)/t16-,20?/m1/s1. The molecule has 38 heavy (non-hydrogen) atoms. The Morgan fingerprint density at radius 2 is 1.82 bits per heavy atom. The highest BCUT2D eigenvalue weighted by atomic mass is 16.6. The average molecular weight is 529 g/mol. The molecule has 0 spiro atoms. The van der Waals surface area contributed by atoms with Crippen molar-refractivity contribution in [1.29, 1.82) is 0 Å². The van der Waals surface area contributed by atoms with Crippen LogP contribution in [0, 0.1) is 0 Å². The Morgan fingerprint density at radius 3 is 2.47 bits per heavy atom. The molecule has 4 rings (SSSR count). The normalized spacial score (nSPS) is 21.3. The van der Waals surface area contributed by atoms with Gasteiger partial charge in [-0.05, 0) is 65.5 Å². The summed E-state index contributed by atoms with van der Waals surface area (Å²) < 4.78 is 11.6. The van der Waals surface area contributed by atoms with Crippen LogP contribution in [-0.4, -0.2) is 83.0 Å². The van der Waals surface area contributed by atoms with E-state index in [0.717, 1.165) is 17.7 Å². The lowest BCUT2D eigenvalue weighted by atomic mass is 10.0. The van der Waals surface area contributed by atoms with Crippen LogP contribution >= 0.6 is 0 Å². The molecule has 3 heterocycles. The summed E-state index contributed by atoms with van der Waals surface area (Å²) in [6, 6.07) is 4.00. The number of hydrogen-bond acceptors (Lipinski definition) is 8. The van der Waals surface area contributed by atoms with E-state index in [9.17, 15) is 24.0 Å². The van der Waals surface area contributed by atoms with Crippen LogP contribution in [-0.2, 0) is 19.1 Å². The van der Waals surface area contributed by atoms with Crippen LogP contribution in [0.2, 0.25) is 0 Å². The highest BCUT2D eigenvalue weighted by Gasteiger charge is 2.45. The maximum Gasteiger partial charge on any atom is 0.410 e. The van der Waals surface area contributed by atoms with Crippen LogP contribution in [0.5, 0.6) is 0 Å². The number of nitrogens with one attached hydrogen (secondary N) is 2. The molecule has 0 saturated carbocycles. The minimum atomic E-state index is -0.997. The fourth-order valence-corrected chi connectivity index (χ4v) is 4.97. The zero-order valence-electron chi connectivity index (χ0n) is 22.4. The van der Waals surface area contributed by atoms with Gasteiger partial charge < -0.3 is 19.7 Å². The van der Waals surface area contributed by atoms with Crippen molar-refractivity contribution in [2.24, 2.45) is 0 Å². The van der Waals surface area contributed by atoms with Crippen molar-refractivity contribution in [1.82, 2.24) is 15.1 Å². The first-order valence-electron chi connectivity index (χ1n) is 13.2. The van der Waals surface area contributed by atoms with E-state index < -0.39 is 35.3 Å². The number of ether oxygens (including phenoxy) is 2. The van der Waals surface area contributed by atoms with Crippen LogP contribution in [0.1, 0.15) is 80.5 Å². The lowest BCUT2D eigenvalue weighted by Gasteiger charge is -2.34. The van der Waals surface area contributed by atoms with E-state index in [4.69, 9.17) is 9.47 Å². The molecule has 2 saturated heterocycles. The summed E-state index contributed by atoms with van der Waals surface area (Å²) in [6.07, 6.45) is 2.01. The van der Waals surface area contributed by atoms with E-state index >= 15 is 0 Å². The van der Waals surface area contributed by atoms with E-state index in [-0.39, 0.29) is 42.3 Å². The Balaban J connectivity index is 1.27. The van der Waals surface area contributed by atoms with E-state index in [0.29, 0.717) is 31.7 Å². The molecule has 0 aromatic heterocycles. The van der Waals surface area contributed by atoms with Crippen molar-refractivity contribution >= 4 is 35.4 Å². The maximum atomic E-state index is 13.2. The van der Waals surface area contributed by atoms with Crippen molar-refractivity contribution in [3.8, 4) is 0 Å². The van der Waals surface area contributed by atoms with Crippen molar-refractivity contribution in [3.05, 3.63) is 29.3 Å². The molecule has 2 N–H and O–H groups in total. The number of fused-ring (bicyclic) bond motifs is 1.